The van der Waals surface area contributed by atoms with Crippen molar-refractivity contribution in [3.63, 3.8) is 0 Å². The second-order valence-corrected chi connectivity index (χ2v) is 4.42. The largest absolute Gasteiger partial charge is 0.465 e. The van der Waals surface area contributed by atoms with Crippen molar-refractivity contribution in [2.45, 2.75) is 32.4 Å². The fourth-order valence-corrected chi connectivity index (χ4v) is 1.51. The first-order valence-corrected chi connectivity index (χ1v) is 5.54. The molecule has 0 heterocycles. The molecule has 0 atom stereocenters. The maximum absolute atomic E-state index is 12.4. The van der Waals surface area contributed by atoms with Gasteiger partial charge in [-0.05, 0) is 38.5 Å². The molecule has 0 aromatic heterocycles. The van der Waals surface area contributed by atoms with Crippen LogP contribution in [0.4, 0.5) is 13.2 Å². The number of esters is 1. The molecule has 1 aromatic rings. The highest BCUT2D eigenvalue weighted by atomic mass is 19.4. The molecule has 0 spiro atoms. The Morgan fingerprint density at radius 1 is 1.11 bits per heavy atom. The zero-order valence-electron chi connectivity index (χ0n) is 10.5. The number of carbonyl (C=O) groups is 1. The number of halogens is 3. The van der Waals surface area contributed by atoms with Crippen LogP contribution in [-0.2, 0) is 21.1 Å². The number of alkyl halides is 3. The molecule has 1 rings (SSSR count). The van der Waals surface area contributed by atoms with Crippen LogP contribution in [0.5, 0.6) is 0 Å². The van der Waals surface area contributed by atoms with Crippen molar-refractivity contribution >= 4 is 5.97 Å². The molecule has 0 saturated carbocycles. The maximum Gasteiger partial charge on any atom is 0.416 e. The van der Waals surface area contributed by atoms with Gasteiger partial charge in [0, 0.05) is 0 Å². The lowest BCUT2D eigenvalue weighted by Crippen LogP contribution is -2.31. The first-order chi connectivity index (χ1) is 8.19. The van der Waals surface area contributed by atoms with E-state index in [4.69, 9.17) is 4.74 Å². The fourth-order valence-electron chi connectivity index (χ4n) is 1.51. The number of carbonyl (C=O) groups excluding carboxylic acids is 1. The Morgan fingerprint density at radius 3 is 1.94 bits per heavy atom. The monoisotopic (exact) mass is 260 g/mol. The van der Waals surface area contributed by atoms with Gasteiger partial charge in [-0.15, -0.1) is 0 Å². The molecule has 0 aliphatic rings. The number of benzene rings is 1. The van der Waals surface area contributed by atoms with Crippen LogP contribution >= 0.6 is 0 Å². The average molecular weight is 260 g/mol. The van der Waals surface area contributed by atoms with Gasteiger partial charge in [0.25, 0.3) is 0 Å². The van der Waals surface area contributed by atoms with Crippen molar-refractivity contribution in [3.8, 4) is 0 Å². The fraction of sp³-hybridized carbons (Fsp3) is 0.462. The van der Waals surface area contributed by atoms with Crippen LogP contribution in [0.15, 0.2) is 24.3 Å². The summed E-state index contributed by atoms with van der Waals surface area (Å²) in [4.78, 5) is 11.7. The van der Waals surface area contributed by atoms with Crippen molar-refractivity contribution in [3.05, 3.63) is 35.4 Å². The van der Waals surface area contributed by atoms with Crippen molar-refractivity contribution in [1.82, 2.24) is 0 Å². The van der Waals surface area contributed by atoms with Crippen molar-refractivity contribution in [2.24, 2.45) is 0 Å². The lowest BCUT2D eigenvalue weighted by Gasteiger charge is -2.23. The number of hydrogen-bond donors (Lipinski definition) is 0. The van der Waals surface area contributed by atoms with Crippen LogP contribution in [-0.4, -0.2) is 12.6 Å². The van der Waals surface area contributed by atoms with Gasteiger partial charge >= 0.3 is 12.1 Å². The standard InChI is InChI=1S/C13H15F3O2/c1-4-18-11(17)12(2,3)9-5-7-10(8-6-9)13(14,15)16/h5-8H,4H2,1-3H3. The van der Waals surface area contributed by atoms with Crippen molar-refractivity contribution in [2.75, 3.05) is 6.61 Å². The Labute approximate surface area is 104 Å². The van der Waals surface area contributed by atoms with E-state index in [1.807, 2.05) is 0 Å². The Bertz CT molecular complexity index is 419. The molecule has 18 heavy (non-hydrogen) atoms. The van der Waals surface area contributed by atoms with Gasteiger partial charge < -0.3 is 4.74 Å². The first-order valence-electron chi connectivity index (χ1n) is 5.54. The van der Waals surface area contributed by atoms with E-state index >= 15 is 0 Å². The van der Waals surface area contributed by atoms with Crippen LogP contribution < -0.4 is 0 Å². The van der Waals surface area contributed by atoms with E-state index in [1.54, 1.807) is 20.8 Å². The summed E-state index contributed by atoms with van der Waals surface area (Å²) < 4.78 is 42.1. The zero-order valence-corrected chi connectivity index (χ0v) is 10.5. The molecule has 5 heteroatoms. The minimum absolute atomic E-state index is 0.239. The second-order valence-electron chi connectivity index (χ2n) is 4.42. The van der Waals surface area contributed by atoms with Gasteiger partial charge in [-0.3, -0.25) is 4.79 Å². The lowest BCUT2D eigenvalue weighted by molar-refractivity contribution is -0.148. The predicted molar refractivity (Wildman–Crippen MR) is 61.1 cm³/mol. The van der Waals surface area contributed by atoms with E-state index in [0.717, 1.165) is 12.1 Å². The second kappa shape index (κ2) is 5.00. The number of rotatable bonds is 3. The van der Waals surface area contributed by atoms with E-state index in [-0.39, 0.29) is 6.61 Å². The van der Waals surface area contributed by atoms with E-state index < -0.39 is 23.1 Å². The van der Waals surface area contributed by atoms with Gasteiger partial charge in [-0.25, -0.2) is 0 Å². The highest BCUT2D eigenvalue weighted by Crippen LogP contribution is 2.31. The molecule has 0 fully saturated rings. The number of ether oxygens (including phenoxy) is 1. The Hall–Kier alpha value is -1.52. The minimum atomic E-state index is -4.37. The molecule has 0 saturated heterocycles. The summed E-state index contributed by atoms with van der Waals surface area (Å²) in [5, 5.41) is 0. The summed E-state index contributed by atoms with van der Waals surface area (Å²) in [7, 11) is 0. The molecule has 0 amide bonds. The highest BCUT2D eigenvalue weighted by molar-refractivity contribution is 5.82. The SMILES string of the molecule is CCOC(=O)C(C)(C)c1ccc(C(F)(F)F)cc1. The molecule has 0 unspecified atom stereocenters. The quantitative estimate of drug-likeness (QED) is 0.777. The van der Waals surface area contributed by atoms with Crippen LogP contribution in [0.3, 0.4) is 0 Å². The molecule has 2 nitrogen and oxygen atoms in total. The molecular weight excluding hydrogens is 245 g/mol. The number of hydrogen-bond acceptors (Lipinski definition) is 2. The summed E-state index contributed by atoms with van der Waals surface area (Å²) in [6.45, 7) is 5.16. The Balaban J connectivity index is 3.01. The van der Waals surface area contributed by atoms with E-state index in [0.29, 0.717) is 5.56 Å². The molecule has 0 aliphatic carbocycles. The zero-order chi connectivity index (χ0) is 14.0. The molecule has 0 bridgehead atoms. The van der Waals surface area contributed by atoms with Crippen LogP contribution in [0.1, 0.15) is 31.9 Å². The smallest absolute Gasteiger partial charge is 0.416 e. The Kier molecular flexibility index (Phi) is 4.04. The minimum Gasteiger partial charge on any atom is -0.465 e. The first kappa shape index (κ1) is 14.5. The lowest BCUT2D eigenvalue weighted by atomic mass is 9.84. The van der Waals surface area contributed by atoms with Gasteiger partial charge in [0.05, 0.1) is 17.6 Å². The van der Waals surface area contributed by atoms with Gasteiger partial charge in [0.1, 0.15) is 0 Å². The molecule has 100 valence electrons. The summed E-state index contributed by atoms with van der Waals surface area (Å²) >= 11 is 0. The third-order valence-electron chi connectivity index (χ3n) is 2.72. The third kappa shape index (κ3) is 3.03. The van der Waals surface area contributed by atoms with Crippen molar-refractivity contribution in [1.29, 1.82) is 0 Å². The molecule has 0 aliphatic heterocycles. The Morgan fingerprint density at radius 2 is 1.56 bits per heavy atom. The summed E-state index contributed by atoms with van der Waals surface area (Å²) in [5.74, 6) is -0.454. The van der Waals surface area contributed by atoms with E-state index in [1.165, 1.54) is 12.1 Å². The van der Waals surface area contributed by atoms with E-state index in [9.17, 15) is 18.0 Å². The third-order valence-corrected chi connectivity index (χ3v) is 2.72. The van der Waals surface area contributed by atoms with Gasteiger partial charge in [0.15, 0.2) is 0 Å². The van der Waals surface area contributed by atoms with E-state index in [2.05, 4.69) is 0 Å². The van der Waals surface area contributed by atoms with Gasteiger partial charge in [-0.1, -0.05) is 12.1 Å². The highest BCUT2D eigenvalue weighted by Gasteiger charge is 2.34. The summed E-state index contributed by atoms with van der Waals surface area (Å²) in [6.07, 6.45) is -4.37. The average Bonchev–Trinajstić information content (AvgIpc) is 2.28. The topological polar surface area (TPSA) is 26.3 Å². The molecular formula is C13H15F3O2. The summed E-state index contributed by atoms with van der Waals surface area (Å²) in [5.41, 5.74) is -1.19. The summed E-state index contributed by atoms with van der Waals surface area (Å²) in [6, 6.07) is 4.55. The van der Waals surface area contributed by atoms with Gasteiger partial charge in [0.2, 0.25) is 0 Å². The van der Waals surface area contributed by atoms with Crippen LogP contribution in [0.2, 0.25) is 0 Å². The maximum atomic E-state index is 12.4. The normalized spacial score (nSPS) is 12.3. The predicted octanol–water partition coefficient (Wildman–Crippen LogP) is 3.55. The molecule has 0 N–H and O–H groups in total. The molecule has 1 aromatic carbocycles. The van der Waals surface area contributed by atoms with Crippen LogP contribution in [0.25, 0.3) is 0 Å². The van der Waals surface area contributed by atoms with Crippen molar-refractivity contribution < 1.29 is 22.7 Å². The molecule has 0 radical (unpaired) electrons. The van der Waals surface area contributed by atoms with Crippen LogP contribution in [0, 0.1) is 0 Å². The van der Waals surface area contributed by atoms with Gasteiger partial charge in [-0.2, -0.15) is 13.2 Å².